The summed E-state index contributed by atoms with van der Waals surface area (Å²) in [5.74, 6) is -1.02. The van der Waals surface area contributed by atoms with Crippen molar-refractivity contribution in [2.24, 2.45) is 5.41 Å². The first-order valence-corrected chi connectivity index (χ1v) is 14.4. The molecule has 0 amide bonds. The molecule has 1 saturated heterocycles. The van der Waals surface area contributed by atoms with Crippen LogP contribution in [0.5, 0.6) is 0 Å². The number of alkyl halides is 3. The smallest absolute Gasteiger partial charge is 0.435 e. The Kier molecular flexibility index (Phi) is 7.60. The third-order valence-corrected chi connectivity index (χ3v) is 8.56. The van der Waals surface area contributed by atoms with Crippen LogP contribution in [0.3, 0.4) is 0 Å². The number of likely N-dealkylation sites (tertiary alicyclic amines) is 1. The molecule has 6 nitrogen and oxygen atoms in total. The number of anilines is 3. The van der Waals surface area contributed by atoms with Crippen molar-refractivity contribution < 1.29 is 22.7 Å². The summed E-state index contributed by atoms with van der Waals surface area (Å²) in [6.07, 6.45) is -2.89. The number of rotatable bonds is 6. The summed E-state index contributed by atoms with van der Waals surface area (Å²) in [5.41, 5.74) is 2.97. The number of carbonyl (C=O) groups is 1. The number of piperidine rings is 1. The van der Waals surface area contributed by atoms with Crippen LogP contribution < -0.4 is 10.6 Å². The minimum atomic E-state index is -4.78. The average Bonchev–Trinajstić information content (AvgIpc) is 3.48. The van der Waals surface area contributed by atoms with Crippen LogP contribution in [0.1, 0.15) is 73.1 Å². The highest BCUT2D eigenvalue weighted by molar-refractivity contribution is 7.17. The van der Waals surface area contributed by atoms with Crippen molar-refractivity contribution in [3.63, 3.8) is 0 Å². The molecule has 0 radical (unpaired) electrons. The number of thiazole rings is 1. The van der Waals surface area contributed by atoms with Crippen LogP contribution in [0.15, 0.2) is 48.5 Å². The molecule has 3 aromatic rings. The predicted octanol–water partition coefficient (Wildman–Crippen LogP) is 7.63. The Morgan fingerprint density at radius 3 is 2.62 bits per heavy atom. The van der Waals surface area contributed by atoms with Gasteiger partial charge < -0.3 is 15.4 Å². The van der Waals surface area contributed by atoms with Crippen LogP contribution in [0.4, 0.5) is 29.7 Å². The van der Waals surface area contributed by atoms with E-state index in [2.05, 4.69) is 59.5 Å². The lowest BCUT2D eigenvalue weighted by Gasteiger charge is -2.47. The molecule has 0 aliphatic carbocycles. The summed E-state index contributed by atoms with van der Waals surface area (Å²) in [6.45, 7) is 10.8. The van der Waals surface area contributed by atoms with Gasteiger partial charge in [-0.3, -0.25) is 4.90 Å². The Balaban J connectivity index is 1.52. The lowest BCUT2D eigenvalue weighted by atomic mass is 9.70. The lowest BCUT2D eigenvalue weighted by molar-refractivity contribution is -0.141. The molecule has 2 aliphatic heterocycles. The molecule has 2 unspecified atom stereocenters. The number of esters is 1. The van der Waals surface area contributed by atoms with E-state index in [1.807, 2.05) is 30.3 Å². The van der Waals surface area contributed by atoms with Crippen LogP contribution in [-0.2, 0) is 16.3 Å². The molecule has 2 aliphatic rings. The quantitative estimate of drug-likeness (QED) is 0.296. The molecular formula is C30H35F3N4O2S. The molecule has 3 heterocycles. The van der Waals surface area contributed by atoms with Gasteiger partial charge in [-0.2, -0.15) is 13.2 Å². The second kappa shape index (κ2) is 10.7. The number of hydrogen-bond donors (Lipinski definition) is 2. The van der Waals surface area contributed by atoms with Gasteiger partial charge in [0.2, 0.25) is 0 Å². The van der Waals surface area contributed by atoms with Crippen LogP contribution in [-0.4, -0.2) is 42.1 Å². The van der Waals surface area contributed by atoms with Crippen molar-refractivity contribution in [2.75, 3.05) is 36.9 Å². The first kappa shape index (κ1) is 28.4. The molecule has 10 heteroatoms. The number of aromatic nitrogens is 1. The van der Waals surface area contributed by atoms with E-state index in [-0.39, 0.29) is 28.6 Å². The molecule has 214 valence electrons. The number of para-hydroxylation sites is 2. The summed E-state index contributed by atoms with van der Waals surface area (Å²) >= 11 is 0.665. The molecule has 1 aromatic heterocycles. The fourth-order valence-electron chi connectivity index (χ4n) is 6.00. The topological polar surface area (TPSA) is 66.5 Å². The van der Waals surface area contributed by atoms with Gasteiger partial charge in [-0.25, -0.2) is 9.78 Å². The number of nitrogens with one attached hydrogen (secondary N) is 2. The van der Waals surface area contributed by atoms with Crippen molar-refractivity contribution in [2.45, 2.75) is 58.2 Å². The number of carbonyl (C=O) groups excluding carboxylic acids is 1. The third kappa shape index (κ3) is 5.69. The Bertz CT molecular complexity index is 1380. The zero-order valence-corrected chi connectivity index (χ0v) is 24.0. The number of nitrogens with zero attached hydrogens (tertiary/aromatic N) is 2. The monoisotopic (exact) mass is 572 g/mol. The van der Waals surface area contributed by atoms with Gasteiger partial charge in [-0.15, -0.1) is 0 Å². The van der Waals surface area contributed by atoms with E-state index in [1.165, 1.54) is 11.3 Å². The lowest BCUT2D eigenvalue weighted by Crippen LogP contribution is -2.48. The fraction of sp³-hybridized carbons (Fsp3) is 0.467. The van der Waals surface area contributed by atoms with Crippen LogP contribution in [0.2, 0.25) is 0 Å². The molecule has 2 atom stereocenters. The Labute approximate surface area is 236 Å². The number of fused-ring (bicyclic) bond motifs is 2. The van der Waals surface area contributed by atoms with E-state index >= 15 is 0 Å². The fourth-order valence-corrected chi connectivity index (χ4v) is 6.89. The van der Waals surface area contributed by atoms with Crippen molar-refractivity contribution in [3.05, 3.63) is 70.2 Å². The van der Waals surface area contributed by atoms with Gasteiger partial charge in [0.25, 0.3) is 0 Å². The molecule has 1 spiro atoms. The first-order chi connectivity index (χ1) is 18.9. The summed E-state index contributed by atoms with van der Waals surface area (Å²) in [5, 5.41) is 6.74. The highest BCUT2D eigenvalue weighted by Gasteiger charge is 2.46. The van der Waals surface area contributed by atoms with Crippen LogP contribution >= 0.6 is 11.3 Å². The molecule has 1 fully saturated rings. The average molecular weight is 573 g/mol. The minimum absolute atomic E-state index is 0.00333. The van der Waals surface area contributed by atoms with Gasteiger partial charge in [0.05, 0.1) is 6.61 Å². The van der Waals surface area contributed by atoms with Gasteiger partial charge in [-0.05, 0) is 55.0 Å². The predicted molar refractivity (Wildman–Crippen MR) is 152 cm³/mol. The maximum Gasteiger partial charge on any atom is 0.435 e. The molecule has 0 bridgehead atoms. The molecular weight excluding hydrogens is 537 g/mol. The number of halogens is 3. The normalized spacial score (nSPS) is 21.2. The minimum Gasteiger partial charge on any atom is -0.462 e. The number of ether oxygens (including phenoxy) is 1. The first-order valence-electron chi connectivity index (χ1n) is 13.6. The van der Waals surface area contributed by atoms with E-state index in [0.717, 1.165) is 38.0 Å². The SMILES string of the molecule is CCOC(=O)c1sc(Nc2ccccc2C2CC3(CCN2CC(C)(C)C)CNc2ccccc23)nc1C(F)(F)F. The molecule has 40 heavy (non-hydrogen) atoms. The molecule has 0 saturated carbocycles. The van der Waals surface area contributed by atoms with E-state index in [1.54, 1.807) is 6.92 Å². The van der Waals surface area contributed by atoms with E-state index < -0.39 is 22.7 Å². The largest absolute Gasteiger partial charge is 0.462 e. The summed E-state index contributed by atoms with van der Waals surface area (Å²) in [6, 6.07) is 16.2. The number of benzene rings is 2. The zero-order chi connectivity index (χ0) is 28.7. The van der Waals surface area contributed by atoms with Crippen LogP contribution in [0, 0.1) is 5.41 Å². The highest BCUT2D eigenvalue weighted by atomic mass is 32.1. The second-order valence-corrected chi connectivity index (χ2v) is 12.8. The molecule has 5 rings (SSSR count). The van der Waals surface area contributed by atoms with E-state index in [4.69, 9.17) is 4.74 Å². The van der Waals surface area contributed by atoms with E-state index in [0.29, 0.717) is 17.0 Å². The summed E-state index contributed by atoms with van der Waals surface area (Å²) in [4.78, 5) is 18.1. The van der Waals surface area contributed by atoms with E-state index in [9.17, 15) is 18.0 Å². The number of hydrogen-bond acceptors (Lipinski definition) is 7. The van der Waals surface area contributed by atoms with Gasteiger partial charge in [-0.1, -0.05) is 68.5 Å². The van der Waals surface area contributed by atoms with Crippen LogP contribution in [0.25, 0.3) is 0 Å². The Morgan fingerprint density at radius 1 is 1.18 bits per heavy atom. The standard InChI is InChI=1S/C30H35F3N4O2S/c1-5-39-26(38)24-25(30(31,32)33)36-27(40-24)35-21-12-8-6-10-19(21)23-16-29(14-15-37(23)18-28(2,3)4)17-34-22-13-9-7-11-20(22)29/h6-13,23,34H,5,14-18H2,1-4H3,(H,35,36). The maximum atomic E-state index is 13.8. The van der Waals surface area contributed by atoms with Gasteiger partial charge in [0.1, 0.15) is 4.88 Å². The van der Waals surface area contributed by atoms with Crippen molar-refractivity contribution in [1.29, 1.82) is 0 Å². The molecule has 2 N–H and O–H groups in total. The van der Waals surface area contributed by atoms with Crippen molar-refractivity contribution in [3.8, 4) is 0 Å². The highest BCUT2D eigenvalue weighted by Crippen LogP contribution is 2.51. The van der Waals surface area contributed by atoms with Crippen molar-refractivity contribution in [1.82, 2.24) is 9.88 Å². The van der Waals surface area contributed by atoms with Gasteiger partial charge in [0.15, 0.2) is 10.8 Å². The third-order valence-electron chi connectivity index (χ3n) is 7.61. The maximum absolute atomic E-state index is 13.8. The van der Waals surface area contributed by atoms with Gasteiger partial charge in [0, 0.05) is 35.9 Å². The second-order valence-electron chi connectivity index (χ2n) is 11.8. The summed E-state index contributed by atoms with van der Waals surface area (Å²) < 4.78 is 46.2. The Hall–Kier alpha value is -3.11. The van der Waals surface area contributed by atoms with Crippen molar-refractivity contribution >= 4 is 33.8 Å². The van der Waals surface area contributed by atoms with Gasteiger partial charge >= 0.3 is 12.1 Å². The Morgan fingerprint density at radius 2 is 1.90 bits per heavy atom. The summed E-state index contributed by atoms with van der Waals surface area (Å²) in [7, 11) is 0. The molecule has 2 aromatic carbocycles. The zero-order valence-electron chi connectivity index (χ0n) is 23.2.